The van der Waals surface area contributed by atoms with Crippen molar-refractivity contribution in [3.63, 3.8) is 0 Å². The van der Waals surface area contributed by atoms with E-state index < -0.39 is 0 Å². The molecule has 0 atom stereocenters. The maximum Gasteiger partial charge on any atom is 0.258 e. The van der Waals surface area contributed by atoms with Crippen molar-refractivity contribution in [1.29, 1.82) is 0 Å². The van der Waals surface area contributed by atoms with E-state index in [0.29, 0.717) is 17.3 Å². The number of methoxy groups -OCH3 is 1. The Morgan fingerprint density at radius 3 is 2.33 bits per heavy atom. The van der Waals surface area contributed by atoms with Crippen LogP contribution in [0, 0.1) is 0 Å². The van der Waals surface area contributed by atoms with E-state index in [2.05, 4.69) is 17.4 Å². The number of hydrogen-bond acceptors (Lipinski definition) is 3. The SMILES string of the molecule is COC1(CNC(=O)COc2ccc(Cl)cc2)Cc2ccccc2C1. The molecule has 1 aliphatic rings. The summed E-state index contributed by atoms with van der Waals surface area (Å²) >= 11 is 5.82. The molecular weight excluding hydrogens is 326 g/mol. The van der Waals surface area contributed by atoms with Crippen LogP contribution in [0.15, 0.2) is 48.5 Å². The topological polar surface area (TPSA) is 47.6 Å². The fourth-order valence-corrected chi connectivity index (χ4v) is 3.12. The Hall–Kier alpha value is -2.04. The Morgan fingerprint density at radius 1 is 1.12 bits per heavy atom. The van der Waals surface area contributed by atoms with E-state index in [9.17, 15) is 4.79 Å². The molecule has 1 aliphatic carbocycles. The zero-order valence-corrected chi connectivity index (χ0v) is 14.3. The van der Waals surface area contributed by atoms with Crippen molar-refractivity contribution in [3.8, 4) is 5.75 Å². The number of nitrogens with one attached hydrogen (secondary N) is 1. The molecule has 5 heteroatoms. The van der Waals surface area contributed by atoms with Crippen molar-refractivity contribution in [2.45, 2.75) is 18.4 Å². The summed E-state index contributed by atoms with van der Waals surface area (Å²) < 4.78 is 11.2. The zero-order chi connectivity index (χ0) is 17.0. The smallest absolute Gasteiger partial charge is 0.258 e. The average molecular weight is 346 g/mol. The van der Waals surface area contributed by atoms with Gasteiger partial charge in [0.15, 0.2) is 6.61 Å². The van der Waals surface area contributed by atoms with Crippen molar-refractivity contribution in [1.82, 2.24) is 5.32 Å². The monoisotopic (exact) mass is 345 g/mol. The molecule has 4 nitrogen and oxygen atoms in total. The maximum atomic E-state index is 12.1. The fraction of sp³-hybridized carbons (Fsp3) is 0.316. The lowest BCUT2D eigenvalue weighted by atomic mass is 10.00. The predicted octanol–water partition coefficient (Wildman–Crippen LogP) is 3.02. The summed E-state index contributed by atoms with van der Waals surface area (Å²) in [5.74, 6) is 0.446. The minimum absolute atomic E-state index is 0.0334. The second kappa shape index (κ2) is 7.24. The summed E-state index contributed by atoms with van der Waals surface area (Å²) in [5, 5.41) is 3.55. The zero-order valence-electron chi connectivity index (χ0n) is 13.5. The number of hydrogen-bond donors (Lipinski definition) is 1. The van der Waals surface area contributed by atoms with E-state index in [1.807, 2.05) is 12.1 Å². The quantitative estimate of drug-likeness (QED) is 0.875. The van der Waals surface area contributed by atoms with Crippen LogP contribution in [0.3, 0.4) is 0 Å². The van der Waals surface area contributed by atoms with Gasteiger partial charge in [-0.2, -0.15) is 0 Å². The van der Waals surface area contributed by atoms with Gasteiger partial charge < -0.3 is 14.8 Å². The van der Waals surface area contributed by atoms with Crippen molar-refractivity contribution >= 4 is 17.5 Å². The lowest BCUT2D eigenvalue weighted by Gasteiger charge is -2.27. The van der Waals surface area contributed by atoms with Gasteiger partial charge in [-0.3, -0.25) is 4.79 Å². The number of fused-ring (bicyclic) bond motifs is 1. The molecule has 0 radical (unpaired) electrons. The maximum absolute atomic E-state index is 12.1. The molecule has 1 N–H and O–H groups in total. The van der Waals surface area contributed by atoms with Crippen molar-refractivity contribution in [2.24, 2.45) is 0 Å². The second-order valence-corrected chi connectivity index (χ2v) is 6.47. The van der Waals surface area contributed by atoms with E-state index >= 15 is 0 Å². The van der Waals surface area contributed by atoms with E-state index in [1.54, 1.807) is 31.4 Å². The Labute approximate surface area is 146 Å². The lowest BCUT2D eigenvalue weighted by molar-refractivity contribution is -0.124. The van der Waals surface area contributed by atoms with Crippen LogP contribution in [0.5, 0.6) is 5.75 Å². The van der Waals surface area contributed by atoms with Crippen LogP contribution in [0.4, 0.5) is 0 Å². The Morgan fingerprint density at radius 2 is 1.75 bits per heavy atom. The van der Waals surface area contributed by atoms with Gasteiger partial charge in [-0.25, -0.2) is 0 Å². The normalized spacial score (nSPS) is 14.9. The first-order valence-corrected chi connectivity index (χ1v) is 8.25. The highest BCUT2D eigenvalue weighted by Gasteiger charge is 2.37. The standard InChI is InChI=1S/C19H20ClNO3/c1-23-19(10-14-4-2-3-5-15(14)11-19)13-21-18(22)12-24-17-8-6-16(20)7-9-17/h2-9H,10-13H2,1H3,(H,21,22). The van der Waals surface area contributed by atoms with Crippen LogP contribution in [0.2, 0.25) is 5.02 Å². The molecule has 2 aromatic rings. The van der Waals surface area contributed by atoms with Gasteiger partial charge >= 0.3 is 0 Å². The summed E-state index contributed by atoms with van der Waals surface area (Å²) in [6.45, 7) is 0.426. The Kier molecular flexibility index (Phi) is 5.07. The molecule has 0 spiro atoms. The number of carbonyl (C=O) groups is 1. The van der Waals surface area contributed by atoms with Crippen LogP contribution >= 0.6 is 11.6 Å². The van der Waals surface area contributed by atoms with Crippen LogP contribution in [0.1, 0.15) is 11.1 Å². The summed E-state index contributed by atoms with van der Waals surface area (Å²) in [7, 11) is 1.70. The molecule has 0 saturated heterocycles. The number of ether oxygens (including phenoxy) is 2. The average Bonchev–Trinajstić information content (AvgIpc) is 2.99. The van der Waals surface area contributed by atoms with Crippen molar-refractivity contribution < 1.29 is 14.3 Å². The highest BCUT2D eigenvalue weighted by molar-refractivity contribution is 6.30. The van der Waals surface area contributed by atoms with Crippen molar-refractivity contribution in [3.05, 3.63) is 64.7 Å². The molecule has 0 bridgehead atoms. The molecule has 0 unspecified atom stereocenters. The third kappa shape index (κ3) is 3.89. The molecular formula is C19H20ClNO3. The minimum Gasteiger partial charge on any atom is -0.484 e. The van der Waals surface area contributed by atoms with Crippen molar-refractivity contribution in [2.75, 3.05) is 20.3 Å². The molecule has 126 valence electrons. The Bertz CT molecular complexity index is 690. The highest BCUT2D eigenvalue weighted by Crippen LogP contribution is 2.32. The third-order valence-corrected chi connectivity index (χ3v) is 4.62. The first kappa shape index (κ1) is 16.8. The molecule has 3 rings (SSSR count). The van der Waals surface area contributed by atoms with E-state index in [1.165, 1.54) is 11.1 Å². The van der Waals surface area contributed by atoms with E-state index in [0.717, 1.165) is 12.8 Å². The van der Waals surface area contributed by atoms with Crippen LogP contribution in [0.25, 0.3) is 0 Å². The number of amides is 1. The molecule has 2 aromatic carbocycles. The van der Waals surface area contributed by atoms with Gasteiger partial charge in [0.25, 0.3) is 5.91 Å². The van der Waals surface area contributed by atoms with Gasteiger partial charge in [0.2, 0.25) is 0 Å². The van der Waals surface area contributed by atoms with E-state index in [4.69, 9.17) is 21.1 Å². The third-order valence-electron chi connectivity index (χ3n) is 4.37. The summed E-state index contributed by atoms with van der Waals surface area (Å²) in [6.07, 6.45) is 1.61. The summed E-state index contributed by atoms with van der Waals surface area (Å²) in [6, 6.07) is 15.2. The van der Waals surface area contributed by atoms with Gasteiger partial charge in [-0.15, -0.1) is 0 Å². The lowest BCUT2D eigenvalue weighted by Crippen LogP contribution is -2.46. The molecule has 1 amide bonds. The van der Waals surface area contributed by atoms with Gasteiger partial charge in [0.1, 0.15) is 5.75 Å². The van der Waals surface area contributed by atoms with Crippen LogP contribution in [-0.4, -0.2) is 31.8 Å². The van der Waals surface area contributed by atoms with Crippen LogP contribution in [-0.2, 0) is 22.4 Å². The molecule has 0 aliphatic heterocycles. The predicted molar refractivity (Wildman–Crippen MR) is 93.5 cm³/mol. The Balaban J connectivity index is 1.51. The molecule has 0 aromatic heterocycles. The number of carbonyl (C=O) groups excluding carboxylic acids is 1. The number of halogens is 1. The van der Waals surface area contributed by atoms with Gasteiger partial charge in [0.05, 0.1) is 5.60 Å². The number of benzene rings is 2. The van der Waals surface area contributed by atoms with Gasteiger partial charge in [0, 0.05) is 31.5 Å². The first-order chi connectivity index (χ1) is 11.6. The molecule has 24 heavy (non-hydrogen) atoms. The summed E-state index contributed by atoms with van der Waals surface area (Å²) in [4.78, 5) is 12.1. The molecule has 0 fully saturated rings. The number of rotatable bonds is 6. The summed E-state index contributed by atoms with van der Waals surface area (Å²) in [5.41, 5.74) is 2.19. The van der Waals surface area contributed by atoms with E-state index in [-0.39, 0.29) is 18.1 Å². The van der Waals surface area contributed by atoms with Gasteiger partial charge in [-0.1, -0.05) is 35.9 Å². The van der Waals surface area contributed by atoms with Gasteiger partial charge in [-0.05, 0) is 35.4 Å². The second-order valence-electron chi connectivity index (χ2n) is 6.03. The largest absolute Gasteiger partial charge is 0.484 e. The highest BCUT2D eigenvalue weighted by atomic mass is 35.5. The minimum atomic E-state index is -0.375. The van der Waals surface area contributed by atoms with Crippen LogP contribution < -0.4 is 10.1 Å². The fourth-order valence-electron chi connectivity index (χ4n) is 2.99. The molecule has 0 heterocycles. The first-order valence-electron chi connectivity index (χ1n) is 7.87. The molecule has 0 saturated carbocycles.